The largest absolute Gasteiger partial charge is 0.462 e. The van der Waals surface area contributed by atoms with Crippen LogP contribution in [0.1, 0.15) is 41.0 Å². The molecule has 0 aliphatic carbocycles. The number of ether oxygens (including phenoxy) is 2. The van der Waals surface area contributed by atoms with Gasteiger partial charge in [-0.05, 0) is 44.5 Å². The molecule has 0 amide bonds. The Balaban J connectivity index is 1.68. The van der Waals surface area contributed by atoms with Crippen LogP contribution in [-0.4, -0.2) is 50.9 Å². The van der Waals surface area contributed by atoms with Crippen molar-refractivity contribution in [1.82, 2.24) is 0 Å². The van der Waals surface area contributed by atoms with E-state index in [9.17, 15) is 23.7 Å². The lowest BCUT2D eigenvalue weighted by atomic mass is 10.2. The van der Waals surface area contributed by atoms with Crippen molar-refractivity contribution < 1.29 is 32.7 Å². The molecule has 0 atom stereocenters. The van der Waals surface area contributed by atoms with Gasteiger partial charge in [-0.25, -0.2) is 14.2 Å². The van der Waals surface area contributed by atoms with E-state index in [0.29, 0.717) is 19.5 Å². The molecule has 39 heavy (non-hydrogen) atoms. The molecule has 0 radical (unpaired) electrons. The number of carbonyl (C=O) groups is 2. The highest BCUT2D eigenvalue weighted by molar-refractivity contribution is 7.54. The van der Waals surface area contributed by atoms with Crippen molar-refractivity contribution in [2.24, 2.45) is 0 Å². The molecule has 12 heteroatoms. The van der Waals surface area contributed by atoms with E-state index in [1.165, 1.54) is 24.3 Å². The molecule has 1 heterocycles. The van der Waals surface area contributed by atoms with Crippen LogP contribution in [0.5, 0.6) is 11.5 Å². The summed E-state index contributed by atoms with van der Waals surface area (Å²) >= 11 is 0. The number of anilines is 2. The van der Waals surface area contributed by atoms with Crippen molar-refractivity contribution in [3.05, 3.63) is 80.1 Å². The lowest BCUT2D eigenvalue weighted by Gasteiger charge is -2.27. The molecular weight excluding hydrogens is 527 g/mol. The van der Waals surface area contributed by atoms with Crippen LogP contribution in [-0.2, 0) is 14.0 Å². The minimum atomic E-state index is -4.17. The average Bonchev–Trinajstić information content (AvgIpc) is 3.13. The van der Waals surface area contributed by atoms with E-state index in [0.717, 1.165) is 0 Å². The highest BCUT2D eigenvalue weighted by Gasteiger charge is 2.35. The van der Waals surface area contributed by atoms with Crippen molar-refractivity contribution in [2.45, 2.75) is 20.3 Å². The average molecular weight is 557 g/mol. The van der Waals surface area contributed by atoms with E-state index in [1.807, 2.05) is 0 Å². The van der Waals surface area contributed by atoms with Crippen LogP contribution in [0.3, 0.4) is 0 Å². The van der Waals surface area contributed by atoms with Crippen LogP contribution >= 0.6 is 7.60 Å². The fourth-order valence-corrected chi connectivity index (χ4v) is 5.79. The van der Waals surface area contributed by atoms with Crippen LogP contribution in [0.4, 0.5) is 11.4 Å². The Hall–Kier alpha value is -4.11. The summed E-state index contributed by atoms with van der Waals surface area (Å²) in [6.07, 6.45) is 0.399. The number of esters is 2. The van der Waals surface area contributed by atoms with Crippen LogP contribution in [0.2, 0.25) is 0 Å². The Morgan fingerprint density at radius 2 is 1.41 bits per heavy atom. The van der Waals surface area contributed by atoms with Gasteiger partial charge in [-0.2, -0.15) is 0 Å². The van der Waals surface area contributed by atoms with Gasteiger partial charge in [0.05, 0.1) is 19.4 Å². The molecule has 4 rings (SSSR count). The summed E-state index contributed by atoms with van der Waals surface area (Å²) in [5, 5.41) is 2.97. The van der Waals surface area contributed by atoms with E-state index in [4.69, 9.17) is 18.5 Å². The van der Waals surface area contributed by atoms with E-state index in [1.54, 1.807) is 43.0 Å². The first kappa shape index (κ1) is 27.9. The van der Waals surface area contributed by atoms with Crippen LogP contribution < -0.4 is 30.1 Å². The van der Waals surface area contributed by atoms with Gasteiger partial charge in [0.1, 0.15) is 34.0 Å². The number of para-hydroxylation sites is 2. The minimum Gasteiger partial charge on any atom is -0.462 e. The SMILES string of the molecule is CCOC(=O)c1ccccc1OP(=O)(CCN1CCCNc2c1c(=O)c2=O)Oc1ccccc1C(=O)OCC. The number of carbonyl (C=O) groups excluding carboxylic acids is 2. The van der Waals surface area contributed by atoms with E-state index in [2.05, 4.69) is 5.32 Å². The highest BCUT2D eigenvalue weighted by atomic mass is 31.2. The number of fused-ring (bicyclic) bond motifs is 1. The summed E-state index contributed by atoms with van der Waals surface area (Å²) in [5.74, 6) is -1.39. The molecule has 0 fully saturated rings. The van der Waals surface area contributed by atoms with Gasteiger partial charge in [-0.1, -0.05) is 24.3 Å². The first-order chi connectivity index (χ1) is 18.8. The van der Waals surface area contributed by atoms with Crippen molar-refractivity contribution in [3.8, 4) is 11.5 Å². The van der Waals surface area contributed by atoms with Gasteiger partial charge in [-0.3, -0.25) is 9.59 Å². The normalized spacial score (nSPS) is 13.1. The second-order valence-corrected chi connectivity index (χ2v) is 10.6. The van der Waals surface area contributed by atoms with Gasteiger partial charge in [0.15, 0.2) is 0 Å². The van der Waals surface area contributed by atoms with Gasteiger partial charge >= 0.3 is 19.5 Å². The van der Waals surface area contributed by atoms with Gasteiger partial charge in [0.2, 0.25) is 0 Å². The number of nitrogens with one attached hydrogen (secondary N) is 1. The predicted molar refractivity (Wildman–Crippen MR) is 145 cm³/mol. The number of hydrogen-bond acceptors (Lipinski definition) is 11. The first-order valence-electron chi connectivity index (χ1n) is 12.6. The second-order valence-electron chi connectivity index (χ2n) is 8.60. The highest BCUT2D eigenvalue weighted by Crippen LogP contribution is 2.50. The second kappa shape index (κ2) is 12.2. The monoisotopic (exact) mass is 556 g/mol. The number of nitrogens with zero attached hydrogens (tertiary/aromatic N) is 1. The maximum Gasteiger partial charge on any atom is 0.432 e. The minimum absolute atomic E-state index is 0.0276. The summed E-state index contributed by atoms with van der Waals surface area (Å²) in [4.78, 5) is 51.1. The molecule has 0 saturated carbocycles. The number of hydrogen-bond donors (Lipinski definition) is 1. The molecule has 0 unspecified atom stereocenters. The van der Waals surface area contributed by atoms with Crippen molar-refractivity contribution in [2.75, 3.05) is 49.2 Å². The van der Waals surface area contributed by atoms with Crippen LogP contribution in [0.15, 0.2) is 58.1 Å². The standard InChI is InChI=1S/C27H29N2O9P/c1-3-35-26(32)18-10-5-7-12-20(18)37-39(34,38-21-13-8-6-11-19(21)27(33)36-4-2)17-16-29-15-9-14-28-22-23(29)25(31)24(22)30/h5-8,10-13,28H,3-4,9,14-17H2,1-2H3. The summed E-state index contributed by atoms with van der Waals surface area (Å²) in [6.45, 7) is 4.56. The smallest absolute Gasteiger partial charge is 0.432 e. The Kier molecular flexibility index (Phi) is 8.71. The third-order valence-corrected chi connectivity index (χ3v) is 7.69. The first-order valence-corrected chi connectivity index (χ1v) is 14.3. The Morgan fingerprint density at radius 3 is 1.95 bits per heavy atom. The van der Waals surface area contributed by atoms with Gasteiger partial charge in [0, 0.05) is 19.6 Å². The third-order valence-electron chi connectivity index (χ3n) is 5.99. The van der Waals surface area contributed by atoms with Crippen molar-refractivity contribution in [1.29, 1.82) is 0 Å². The van der Waals surface area contributed by atoms with Crippen LogP contribution in [0, 0.1) is 0 Å². The lowest BCUT2D eigenvalue weighted by molar-refractivity contribution is 0.0515. The van der Waals surface area contributed by atoms with E-state index in [-0.39, 0.29) is 59.9 Å². The zero-order chi connectivity index (χ0) is 28.0. The molecule has 1 aliphatic rings. The molecule has 206 valence electrons. The summed E-state index contributed by atoms with van der Waals surface area (Å²) in [5.41, 5.74) is -0.621. The van der Waals surface area contributed by atoms with Gasteiger partial charge < -0.3 is 28.7 Å². The molecule has 0 bridgehead atoms. The molecule has 11 nitrogen and oxygen atoms in total. The van der Waals surface area contributed by atoms with Crippen molar-refractivity contribution >= 4 is 30.9 Å². The van der Waals surface area contributed by atoms with Crippen LogP contribution in [0.25, 0.3) is 0 Å². The number of rotatable bonds is 11. The number of benzene rings is 2. The lowest BCUT2D eigenvalue weighted by Crippen LogP contribution is -2.42. The summed E-state index contributed by atoms with van der Waals surface area (Å²) in [6, 6.07) is 12.3. The predicted octanol–water partition coefficient (Wildman–Crippen LogP) is 3.61. The Labute approximate surface area is 224 Å². The maximum atomic E-state index is 14.3. The van der Waals surface area contributed by atoms with Gasteiger partial charge in [-0.15, -0.1) is 0 Å². The topological polar surface area (TPSA) is 138 Å². The molecule has 0 aromatic heterocycles. The van der Waals surface area contributed by atoms with E-state index >= 15 is 0 Å². The molecular formula is C27H29N2O9P. The molecule has 1 N–H and O–H groups in total. The third kappa shape index (κ3) is 6.15. The maximum absolute atomic E-state index is 14.3. The zero-order valence-electron chi connectivity index (χ0n) is 21.6. The fraction of sp³-hybridized carbons (Fsp3) is 0.333. The zero-order valence-corrected chi connectivity index (χ0v) is 22.5. The Bertz CT molecular complexity index is 1410. The summed E-state index contributed by atoms with van der Waals surface area (Å²) < 4.78 is 36.4. The fourth-order valence-electron chi connectivity index (χ4n) is 4.16. The quantitative estimate of drug-likeness (QED) is 0.211. The summed E-state index contributed by atoms with van der Waals surface area (Å²) in [7, 11) is -4.17. The molecule has 1 aliphatic heterocycles. The molecule has 3 aromatic carbocycles. The van der Waals surface area contributed by atoms with Gasteiger partial charge in [0.25, 0.3) is 10.9 Å². The molecule has 0 saturated heterocycles. The molecule has 0 spiro atoms. The molecule has 3 aromatic rings. The van der Waals surface area contributed by atoms with Crippen molar-refractivity contribution in [3.63, 3.8) is 0 Å². The Morgan fingerprint density at radius 1 is 0.872 bits per heavy atom. The van der Waals surface area contributed by atoms with E-state index < -0.39 is 30.4 Å².